The van der Waals surface area contributed by atoms with Crippen LogP contribution in [0.4, 0.5) is 0 Å². The number of hydrogen-bond donors (Lipinski definition) is 0. The molecule has 0 saturated heterocycles. The minimum absolute atomic E-state index is 0.130. The molecule has 0 amide bonds. The van der Waals surface area contributed by atoms with Crippen LogP contribution in [-0.4, -0.2) is 12.4 Å². The highest BCUT2D eigenvalue weighted by molar-refractivity contribution is 9.08. The maximum Gasteiger partial charge on any atom is 0.170 e. The van der Waals surface area contributed by atoms with E-state index in [4.69, 9.17) is 16.3 Å². The predicted molar refractivity (Wildman–Crippen MR) is 58.5 cm³/mol. The summed E-state index contributed by atoms with van der Waals surface area (Å²) in [6, 6.07) is 3.51. The molecule has 2 nitrogen and oxygen atoms in total. The molecule has 0 spiro atoms. The smallest absolute Gasteiger partial charge is 0.170 e. The summed E-state index contributed by atoms with van der Waals surface area (Å²) in [6.07, 6.45) is 0.455. The lowest BCUT2D eigenvalue weighted by molar-refractivity contribution is 0.0933. The topological polar surface area (TPSA) is 26.3 Å². The van der Waals surface area contributed by atoms with Crippen molar-refractivity contribution in [2.24, 2.45) is 0 Å². The molecule has 0 N–H and O–H groups in total. The Morgan fingerprint density at radius 1 is 1.50 bits per heavy atom. The lowest BCUT2D eigenvalue weighted by Crippen LogP contribution is -2.15. The molecule has 1 aliphatic heterocycles. The zero-order valence-corrected chi connectivity index (χ0v) is 9.69. The fraction of sp³-hybridized carbons (Fsp3) is 0.300. The van der Waals surface area contributed by atoms with Crippen LogP contribution in [0.3, 0.4) is 0 Å². The molecule has 0 atom stereocenters. The number of Topliss-reactive ketones (excluding diaryl/α,β-unsaturated/α-hetero) is 1. The summed E-state index contributed by atoms with van der Waals surface area (Å²) in [5.41, 5.74) is 1.57. The van der Waals surface area contributed by atoms with Gasteiger partial charge in [0.15, 0.2) is 5.78 Å². The van der Waals surface area contributed by atoms with Crippen molar-refractivity contribution in [3.05, 3.63) is 28.3 Å². The Bertz CT molecular complexity index is 390. The second-order valence-electron chi connectivity index (χ2n) is 3.10. The number of hydrogen-bond acceptors (Lipinski definition) is 2. The summed E-state index contributed by atoms with van der Waals surface area (Å²) < 4.78 is 5.35. The van der Waals surface area contributed by atoms with Crippen LogP contribution >= 0.6 is 27.5 Å². The molecule has 1 heterocycles. The van der Waals surface area contributed by atoms with Crippen LogP contribution in [0.1, 0.15) is 22.3 Å². The van der Waals surface area contributed by atoms with Gasteiger partial charge in [-0.3, -0.25) is 4.79 Å². The maximum absolute atomic E-state index is 11.5. The van der Waals surface area contributed by atoms with E-state index in [0.717, 1.165) is 5.56 Å². The van der Waals surface area contributed by atoms with Gasteiger partial charge in [0.25, 0.3) is 0 Å². The summed E-state index contributed by atoms with van der Waals surface area (Å²) >= 11 is 9.31. The van der Waals surface area contributed by atoms with Crippen molar-refractivity contribution >= 4 is 33.3 Å². The van der Waals surface area contributed by atoms with E-state index < -0.39 is 0 Å². The molecule has 0 saturated carbocycles. The van der Waals surface area contributed by atoms with Gasteiger partial charge in [0.2, 0.25) is 0 Å². The molecule has 0 fully saturated rings. The minimum atomic E-state index is 0.130. The average molecular weight is 276 g/mol. The number of ether oxygens (including phenoxy) is 1. The lowest BCUT2D eigenvalue weighted by Gasteiger charge is -2.17. The molecule has 1 aliphatic rings. The molecule has 0 aromatic heterocycles. The van der Waals surface area contributed by atoms with E-state index in [1.165, 1.54) is 0 Å². The van der Waals surface area contributed by atoms with Gasteiger partial charge < -0.3 is 4.74 Å². The second kappa shape index (κ2) is 3.91. The van der Waals surface area contributed by atoms with Crippen LogP contribution in [0.2, 0.25) is 5.02 Å². The SMILES string of the molecule is O=C1CCOc2cc(Cl)c(CBr)cc21. The molecular weight excluding hydrogens is 267 g/mol. The molecule has 74 valence electrons. The van der Waals surface area contributed by atoms with Crippen molar-refractivity contribution in [3.63, 3.8) is 0 Å². The van der Waals surface area contributed by atoms with Crippen molar-refractivity contribution in [1.82, 2.24) is 0 Å². The van der Waals surface area contributed by atoms with Crippen LogP contribution in [0.15, 0.2) is 12.1 Å². The van der Waals surface area contributed by atoms with Crippen molar-refractivity contribution in [2.45, 2.75) is 11.8 Å². The molecule has 2 rings (SSSR count). The van der Waals surface area contributed by atoms with E-state index in [0.29, 0.717) is 34.7 Å². The summed E-state index contributed by atoms with van der Waals surface area (Å²) in [4.78, 5) is 11.5. The number of alkyl halides is 1. The van der Waals surface area contributed by atoms with Crippen LogP contribution in [-0.2, 0) is 5.33 Å². The highest BCUT2D eigenvalue weighted by Crippen LogP contribution is 2.31. The molecule has 0 bridgehead atoms. The number of halogens is 2. The number of benzene rings is 1. The average Bonchev–Trinajstić information content (AvgIpc) is 2.17. The third-order valence-corrected chi connectivity index (χ3v) is 3.14. The third kappa shape index (κ3) is 1.66. The number of fused-ring (bicyclic) bond motifs is 1. The number of rotatable bonds is 1. The van der Waals surface area contributed by atoms with Gasteiger partial charge in [-0.15, -0.1) is 0 Å². The molecule has 1 aromatic rings. The molecule has 0 unspecified atom stereocenters. The van der Waals surface area contributed by atoms with Crippen LogP contribution in [0.25, 0.3) is 0 Å². The Morgan fingerprint density at radius 3 is 3.00 bits per heavy atom. The first-order chi connectivity index (χ1) is 6.72. The van der Waals surface area contributed by atoms with Crippen molar-refractivity contribution in [3.8, 4) is 5.75 Å². The Labute approximate surface area is 95.3 Å². The number of ketones is 1. The first-order valence-corrected chi connectivity index (χ1v) is 5.76. The monoisotopic (exact) mass is 274 g/mol. The Hall–Kier alpha value is -0.540. The van der Waals surface area contributed by atoms with Gasteiger partial charge in [-0.1, -0.05) is 27.5 Å². The quantitative estimate of drug-likeness (QED) is 0.736. The molecule has 0 aliphatic carbocycles. The van der Waals surface area contributed by atoms with Crippen LogP contribution in [0, 0.1) is 0 Å². The fourth-order valence-electron chi connectivity index (χ4n) is 1.43. The lowest BCUT2D eigenvalue weighted by atomic mass is 10.0. The van der Waals surface area contributed by atoms with Crippen LogP contribution < -0.4 is 4.74 Å². The summed E-state index contributed by atoms with van der Waals surface area (Å²) in [7, 11) is 0. The zero-order valence-electron chi connectivity index (χ0n) is 7.35. The Kier molecular flexibility index (Phi) is 2.79. The Morgan fingerprint density at radius 2 is 2.29 bits per heavy atom. The number of carbonyl (C=O) groups is 1. The van der Waals surface area contributed by atoms with Gasteiger partial charge in [0.1, 0.15) is 5.75 Å². The van der Waals surface area contributed by atoms with E-state index in [1.54, 1.807) is 12.1 Å². The van der Waals surface area contributed by atoms with Gasteiger partial charge in [-0.2, -0.15) is 0 Å². The van der Waals surface area contributed by atoms with Gasteiger partial charge in [-0.05, 0) is 17.7 Å². The van der Waals surface area contributed by atoms with E-state index in [2.05, 4.69) is 15.9 Å². The van der Waals surface area contributed by atoms with Gasteiger partial charge in [0, 0.05) is 16.8 Å². The highest BCUT2D eigenvalue weighted by Gasteiger charge is 2.20. The third-order valence-electron chi connectivity index (χ3n) is 2.18. The maximum atomic E-state index is 11.5. The first kappa shape index (κ1) is 9.99. The largest absolute Gasteiger partial charge is 0.492 e. The minimum Gasteiger partial charge on any atom is -0.492 e. The Balaban J connectivity index is 2.54. The van der Waals surface area contributed by atoms with Gasteiger partial charge in [-0.25, -0.2) is 0 Å². The van der Waals surface area contributed by atoms with Crippen molar-refractivity contribution < 1.29 is 9.53 Å². The second-order valence-corrected chi connectivity index (χ2v) is 4.06. The standard InChI is InChI=1S/C10H8BrClO2/c11-5-6-3-7-9(13)1-2-14-10(7)4-8(6)12/h3-4H,1-2,5H2. The zero-order chi connectivity index (χ0) is 10.1. The van der Waals surface area contributed by atoms with Crippen molar-refractivity contribution in [1.29, 1.82) is 0 Å². The molecular formula is C10H8BrClO2. The summed E-state index contributed by atoms with van der Waals surface area (Å²) in [5.74, 6) is 0.737. The number of carbonyl (C=O) groups excluding carboxylic acids is 1. The molecule has 4 heteroatoms. The van der Waals surface area contributed by atoms with Crippen molar-refractivity contribution in [2.75, 3.05) is 6.61 Å². The van der Waals surface area contributed by atoms with E-state index in [1.807, 2.05) is 0 Å². The van der Waals surface area contributed by atoms with E-state index in [9.17, 15) is 4.79 Å². The van der Waals surface area contributed by atoms with Gasteiger partial charge in [0.05, 0.1) is 12.2 Å². The normalized spacial score (nSPS) is 14.9. The molecule has 1 aromatic carbocycles. The first-order valence-electron chi connectivity index (χ1n) is 4.26. The van der Waals surface area contributed by atoms with Crippen LogP contribution in [0.5, 0.6) is 5.75 Å². The van der Waals surface area contributed by atoms with E-state index >= 15 is 0 Å². The highest BCUT2D eigenvalue weighted by atomic mass is 79.9. The van der Waals surface area contributed by atoms with Gasteiger partial charge >= 0.3 is 0 Å². The molecule has 14 heavy (non-hydrogen) atoms. The summed E-state index contributed by atoms with van der Waals surface area (Å²) in [5, 5.41) is 1.28. The predicted octanol–water partition coefficient (Wildman–Crippen LogP) is 3.20. The van der Waals surface area contributed by atoms with E-state index in [-0.39, 0.29) is 5.78 Å². The fourth-order valence-corrected chi connectivity index (χ4v) is 2.27. The molecule has 0 radical (unpaired) electrons. The summed E-state index contributed by atoms with van der Waals surface area (Å²) in [6.45, 7) is 0.454.